The zero-order chi connectivity index (χ0) is 36.6. The molecular formula is C43H62O7. The highest BCUT2D eigenvalue weighted by molar-refractivity contribution is 5.91. The topological polar surface area (TPSA) is 88.1 Å². The number of hydrogen-bond acceptors (Lipinski definition) is 7. The van der Waals surface area contributed by atoms with Crippen LogP contribution in [0.5, 0.6) is 11.5 Å². The quantitative estimate of drug-likeness (QED) is 0.0557. The SMILES string of the molecule is C=C(C)C(=O)OC(C)(C)CCCCC(=O)OC(C)(C)CCCCCCOc1ccc(C(=O)Oc2ccc(C3CCC(CCC)CC3)cc2)cc1. The molecule has 1 saturated carbocycles. The third-order valence-electron chi connectivity index (χ3n) is 9.65. The minimum absolute atomic E-state index is 0.191. The highest BCUT2D eigenvalue weighted by Crippen LogP contribution is 2.38. The lowest BCUT2D eigenvalue weighted by Gasteiger charge is -2.28. The van der Waals surface area contributed by atoms with E-state index in [1.165, 1.54) is 44.1 Å². The fourth-order valence-corrected chi connectivity index (χ4v) is 6.67. The molecule has 1 aliphatic rings. The summed E-state index contributed by atoms with van der Waals surface area (Å²) in [5.41, 5.74) is 1.11. The van der Waals surface area contributed by atoms with Crippen LogP contribution < -0.4 is 9.47 Å². The highest BCUT2D eigenvalue weighted by atomic mass is 16.6. The summed E-state index contributed by atoms with van der Waals surface area (Å²) in [4.78, 5) is 36.9. The van der Waals surface area contributed by atoms with Crippen molar-refractivity contribution in [2.45, 2.75) is 155 Å². The van der Waals surface area contributed by atoms with Crippen LogP contribution in [0.2, 0.25) is 0 Å². The minimum atomic E-state index is -0.592. The number of carbonyl (C=O) groups is 3. The monoisotopic (exact) mass is 690 g/mol. The molecule has 50 heavy (non-hydrogen) atoms. The molecule has 0 heterocycles. The lowest BCUT2D eigenvalue weighted by atomic mass is 9.77. The summed E-state index contributed by atoms with van der Waals surface area (Å²) in [6.45, 7) is 15.8. The van der Waals surface area contributed by atoms with Gasteiger partial charge in [0, 0.05) is 12.0 Å². The van der Waals surface area contributed by atoms with E-state index in [-0.39, 0.29) is 17.9 Å². The molecule has 0 aromatic heterocycles. The summed E-state index contributed by atoms with van der Waals surface area (Å²) in [5, 5.41) is 0. The Hall–Kier alpha value is -3.61. The smallest absolute Gasteiger partial charge is 0.343 e. The van der Waals surface area contributed by atoms with Gasteiger partial charge in [0.05, 0.1) is 12.2 Å². The summed E-state index contributed by atoms with van der Waals surface area (Å²) in [6.07, 6.45) is 14.9. The number of esters is 3. The van der Waals surface area contributed by atoms with Crippen molar-refractivity contribution in [1.82, 2.24) is 0 Å². The first-order valence-electron chi connectivity index (χ1n) is 18.9. The Morgan fingerprint density at radius 2 is 1.32 bits per heavy atom. The second-order valence-electron chi connectivity index (χ2n) is 15.4. The molecule has 0 spiro atoms. The molecule has 276 valence electrons. The Balaban J connectivity index is 1.25. The number of hydrogen-bond donors (Lipinski definition) is 0. The van der Waals surface area contributed by atoms with Crippen LogP contribution in [-0.2, 0) is 19.1 Å². The molecule has 3 rings (SSSR count). The van der Waals surface area contributed by atoms with Crippen molar-refractivity contribution < 1.29 is 33.3 Å². The van der Waals surface area contributed by atoms with Crippen molar-refractivity contribution in [2.75, 3.05) is 6.61 Å². The van der Waals surface area contributed by atoms with Gasteiger partial charge in [-0.2, -0.15) is 0 Å². The lowest BCUT2D eigenvalue weighted by Crippen LogP contribution is -2.29. The summed E-state index contributed by atoms with van der Waals surface area (Å²) in [6, 6.07) is 15.2. The molecule has 2 aromatic carbocycles. The molecule has 0 atom stereocenters. The van der Waals surface area contributed by atoms with E-state index >= 15 is 0 Å². The summed E-state index contributed by atoms with van der Waals surface area (Å²) < 4.78 is 22.8. The van der Waals surface area contributed by atoms with Crippen molar-refractivity contribution >= 4 is 17.9 Å². The first kappa shape index (κ1) is 40.8. The van der Waals surface area contributed by atoms with Crippen LogP contribution in [0, 0.1) is 5.92 Å². The molecule has 0 amide bonds. The molecule has 1 fully saturated rings. The predicted octanol–water partition coefficient (Wildman–Crippen LogP) is 11.1. The molecule has 0 radical (unpaired) electrons. The predicted molar refractivity (Wildman–Crippen MR) is 200 cm³/mol. The third kappa shape index (κ3) is 15.1. The minimum Gasteiger partial charge on any atom is -0.494 e. The maximum atomic E-state index is 12.7. The van der Waals surface area contributed by atoms with Crippen LogP contribution >= 0.6 is 0 Å². The van der Waals surface area contributed by atoms with Gasteiger partial charge in [0.2, 0.25) is 0 Å². The van der Waals surface area contributed by atoms with Gasteiger partial charge >= 0.3 is 17.9 Å². The Morgan fingerprint density at radius 3 is 1.94 bits per heavy atom. The average Bonchev–Trinajstić information content (AvgIpc) is 3.07. The second kappa shape index (κ2) is 20.3. The number of unbranched alkanes of at least 4 members (excludes halogenated alkanes) is 4. The number of benzene rings is 2. The fourth-order valence-electron chi connectivity index (χ4n) is 6.67. The largest absolute Gasteiger partial charge is 0.494 e. The zero-order valence-electron chi connectivity index (χ0n) is 31.7. The van der Waals surface area contributed by atoms with E-state index in [0.29, 0.717) is 48.7 Å². The van der Waals surface area contributed by atoms with Gasteiger partial charge in [0.15, 0.2) is 0 Å². The van der Waals surface area contributed by atoms with Crippen molar-refractivity contribution in [3.05, 3.63) is 71.8 Å². The average molecular weight is 691 g/mol. The Morgan fingerprint density at radius 1 is 0.740 bits per heavy atom. The van der Waals surface area contributed by atoms with Gasteiger partial charge < -0.3 is 18.9 Å². The second-order valence-corrected chi connectivity index (χ2v) is 15.4. The molecule has 0 unspecified atom stereocenters. The van der Waals surface area contributed by atoms with Crippen LogP contribution in [0.15, 0.2) is 60.7 Å². The standard InChI is InChI=1S/C43H62O7/c1-8-15-33-17-19-34(20-18-33)35-21-27-38(28-22-35)48-41(46)36-23-25-37(26-24-36)47-31-14-10-9-12-29-42(4,5)49-39(44)16-11-13-30-43(6,7)50-40(45)32(2)3/h21-28,33-34H,2,8-20,29-31H2,1,3-7H3. The fraction of sp³-hybridized carbons (Fsp3) is 0.605. The zero-order valence-corrected chi connectivity index (χ0v) is 31.7. The summed E-state index contributed by atoms with van der Waals surface area (Å²) in [5.74, 6) is 1.84. The van der Waals surface area contributed by atoms with E-state index in [0.717, 1.165) is 50.2 Å². The number of rotatable bonds is 21. The van der Waals surface area contributed by atoms with Gasteiger partial charge in [0.1, 0.15) is 22.7 Å². The third-order valence-corrected chi connectivity index (χ3v) is 9.65. The maximum Gasteiger partial charge on any atom is 0.343 e. The Kier molecular flexibility index (Phi) is 16.6. The summed E-state index contributed by atoms with van der Waals surface area (Å²) >= 11 is 0. The van der Waals surface area contributed by atoms with Crippen LogP contribution in [0.3, 0.4) is 0 Å². The highest BCUT2D eigenvalue weighted by Gasteiger charge is 2.25. The lowest BCUT2D eigenvalue weighted by molar-refractivity contribution is -0.158. The summed E-state index contributed by atoms with van der Waals surface area (Å²) in [7, 11) is 0. The molecule has 7 heteroatoms. The van der Waals surface area contributed by atoms with Crippen LogP contribution in [-0.4, -0.2) is 35.7 Å². The molecule has 7 nitrogen and oxygen atoms in total. The normalized spacial score (nSPS) is 16.4. The first-order valence-corrected chi connectivity index (χ1v) is 18.9. The number of carbonyl (C=O) groups excluding carboxylic acids is 3. The van der Waals surface area contributed by atoms with Crippen molar-refractivity contribution in [3.8, 4) is 11.5 Å². The van der Waals surface area contributed by atoms with E-state index in [2.05, 4.69) is 25.6 Å². The van der Waals surface area contributed by atoms with Gasteiger partial charge in [-0.25, -0.2) is 9.59 Å². The molecule has 0 aliphatic heterocycles. The Labute approximate surface area is 301 Å². The maximum absolute atomic E-state index is 12.7. The van der Waals surface area contributed by atoms with E-state index in [9.17, 15) is 14.4 Å². The molecular weight excluding hydrogens is 628 g/mol. The van der Waals surface area contributed by atoms with E-state index in [4.69, 9.17) is 18.9 Å². The van der Waals surface area contributed by atoms with Crippen LogP contribution in [0.4, 0.5) is 0 Å². The van der Waals surface area contributed by atoms with Gasteiger partial charge in [-0.3, -0.25) is 4.79 Å². The van der Waals surface area contributed by atoms with Crippen LogP contribution in [0.1, 0.15) is 160 Å². The van der Waals surface area contributed by atoms with Crippen molar-refractivity contribution in [2.24, 2.45) is 5.92 Å². The Bertz CT molecular complexity index is 1350. The molecule has 1 aliphatic carbocycles. The van der Waals surface area contributed by atoms with E-state index in [1.807, 2.05) is 52.0 Å². The van der Waals surface area contributed by atoms with E-state index < -0.39 is 11.2 Å². The van der Waals surface area contributed by atoms with Crippen molar-refractivity contribution in [1.29, 1.82) is 0 Å². The van der Waals surface area contributed by atoms with Gasteiger partial charge in [-0.15, -0.1) is 0 Å². The van der Waals surface area contributed by atoms with Gasteiger partial charge in [-0.05, 0) is 153 Å². The molecule has 0 N–H and O–H groups in total. The van der Waals surface area contributed by atoms with Gasteiger partial charge in [-0.1, -0.05) is 51.3 Å². The van der Waals surface area contributed by atoms with Crippen LogP contribution in [0.25, 0.3) is 0 Å². The molecule has 0 bridgehead atoms. The van der Waals surface area contributed by atoms with E-state index in [1.54, 1.807) is 19.1 Å². The van der Waals surface area contributed by atoms with Crippen molar-refractivity contribution in [3.63, 3.8) is 0 Å². The molecule has 2 aromatic rings. The van der Waals surface area contributed by atoms with Gasteiger partial charge in [0.25, 0.3) is 0 Å². The number of ether oxygens (including phenoxy) is 4. The molecule has 0 saturated heterocycles. The first-order chi connectivity index (χ1) is 23.8.